The molecule has 0 saturated carbocycles. The summed E-state index contributed by atoms with van der Waals surface area (Å²) in [6, 6.07) is 0.260. The number of nitrogens with one attached hydrogen (secondary N) is 1. The lowest BCUT2D eigenvalue weighted by Crippen LogP contribution is -2.48. The minimum atomic E-state index is -0.636. The highest BCUT2D eigenvalue weighted by atomic mass is 16.4. The number of hydrogen-bond donors (Lipinski definition) is 2. The van der Waals surface area contributed by atoms with Gasteiger partial charge >= 0.3 is 5.97 Å². The Labute approximate surface area is 114 Å². The lowest BCUT2D eigenvalue weighted by molar-refractivity contribution is -0.152. The van der Waals surface area contributed by atoms with Crippen LogP contribution in [0.25, 0.3) is 0 Å². The highest BCUT2D eigenvalue weighted by Gasteiger charge is 2.40. The van der Waals surface area contributed by atoms with Gasteiger partial charge in [-0.2, -0.15) is 0 Å². The van der Waals surface area contributed by atoms with E-state index in [4.69, 9.17) is 0 Å². The van der Waals surface area contributed by atoms with Crippen molar-refractivity contribution in [3.63, 3.8) is 0 Å². The molecular weight excluding hydrogens is 244 g/mol. The molecule has 1 unspecified atom stereocenters. The van der Waals surface area contributed by atoms with Crippen LogP contribution in [-0.2, 0) is 9.59 Å². The van der Waals surface area contributed by atoms with Crippen LogP contribution < -0.4 is 5.32 Å². The smallest absolute Gasteiger partial charge is 0.309 e. The number of aliphatic carboxylic acids is 1. The van der Waals surface area contributed by atoms with E-state index in [9.17, 15) is 14.7 Å². The van der Waals surface area contributed by atoms with E-state index in [0.29, 0.717) is 6.42 Å². The maximum absolute atomic E-state index is 11.5. The zero-order chi connectivity index (χ0) is 13.9. The quantitative estimate of drug-likeness (QED) is 0.787. The van der Waals surface area contributed by atoms with E-state index < -0.39 is 11.4 Å². The van der Waals surface area contributed by atoms with Crippen LogP contribution in [0.3, 0.4) is 0 Å². The van der Waals surface area contributed by atoms with Gasteiger partial charge in [-0.15, -0.1) is 0 Å². The number of likely N-dealkylation sites (tertiary alicyclic amines) is 1. The molecule has 2 rings (SSSR count). The molecule has 2 saturated heterocycles. The second kappa shape index (κ2) is 5.90. The second-order valence-electron chi connectivity index (χ2n) is 5.94. The van der Waals surface area contributed by atoms with Crippen molar-refractivity contribution < 1.29 is 14.7 Å². The first kappa shape index (κ1) is 14.3. The van der Waals surface area contributed by atoms with Crippen LogP contribution in [0.5, 0.6) is 0 Å². The predicted octanol–water partition coefficient (Wildman–Crippen LogP) is 1.23. The molecule has 0 bridgehead atoms. The van der Waals surface area contributed by atoms with Gasteiger partial charge in [0.25, 0.3) is 0 Å². The van der Waals surface area contributed by atoms with Crippen molar-refractivity contribution in [1.29, 1.82) is 0 Å². The Morgan fingerprint density at radius 2 is 2.16 bits per heavy atom. The average molecular weight is 268 g/mol. The average Bonchev–Trinajstić information content (AvgIpc) is 2.77. The van der Waals surface area contributed by atoms with Crippen LogP contribution >= 0.6 is 0 Å². The third-order valence-electron chi connectivity index (χ3n) is 4.56. The highest BCUT2D eigenvalue weighted by Crippen LogP contribution is 2.36. The van der Waals surface area contributed by atoms with Gasteiger partial charge in [0.05, 0.1) is 5.41 Å². The zero-order valence-electron chi connectivity index (χ0n) is 11.7. The maximum Gasteiger partial charge on any atom is 0.309 e. The molecule has 5 heteroatoms. The Bertz CT molecular complexity index is 349. The minimum absolute atomic E-state index is 0.146. The molecule has 0 radical (unpaired) electrons. The molecule has 2 fully saturated rings. The van der Waals surface area contributed by atoms with Crippen LogP contribution in [0.15, 0.2) is 0 Å². The topological polar surface area (TPSA) is 69.6 Å². The number of carbonyl (C=O) groups is 2. The fourth-order valence-corrected chi connectivity index (χ4v) is 3.34. The van der Waals surface area contributed by atoms with Crippen molar-refractivity contribution >= 4 is 11.9 Å². The van der Waals surface area contributed by atoms with Gasteiger partial charge < -0.3 is 15.3 Å². The fourth-order valence-electron chi connectivity index (χ4n) is 3.34. The van der Waals surface area contributed by atoms with Crippen LogP contribution in [0.1, 0.15) is 45.4 Å². The number of carboxylic acids is 1. The largest absolute Gasteiger partial charge is 0.481 e. The summed E-state index contributed by atoms with van der Waals surface area (Å²) < 4.78 is 0. The SMILES string of the molecule is CCCC1(C(=O)O)CCN(CC2CCC(=O)N2)CC1. The van der Waals surface area contributed by atoms with Crippen molar-refractivity contribution in [3.05, 3.63) is 0 Å². The van der Waals surface area contributed by atoms with Crippen molar-refractivity contribution in [3.8, 4) is 0 Å². The molecule has 0 aliphatic carbocycles. The monoisotopic (exact) mass is 268 g/mol. The maximum atomic E-state index is 11.5. The Morgan fingerprint density at radius 1 is 1.47 bits per heavy atom. The molecule has 0 spiro atoms. The number of carboxylic acid groups (broad SMARTS) is 1. The number of hydrogen-bond acceptors (Lipinski definition) is 3. The molecular formula is C14H24N2O3. The van der Waals surface area contributed by atoms with Gasteiger partial charge in [0.2, 0.25) is 5.91 Å². The molecule has 1 amide bonds. The molecule has 5 nitrogen and oxygen atoms in total. The normalized spacial score (nSPS) is 27.2. The van der Waals surface area contributed by atoms with E-state index in [2.05, 4.69) is 10.2 Å². The molecule has 2 N–H and O–H groups in total. The van der Waals surface area contributed by atoms with E-state index in [1.54, 1.807) is 0 Å². The summed E-state index contributed by atoms with van der Waals surface area (Å²) in [5.41, 5.74) is -0.510. The van der Waals surface area contributed by atoms with Gasteiger partial charge in [0.1, 0.15) is 0 Å². The molecule has 2 heterocycles. The summed E-state index contributed by atoms with van der Waals surface area (Å²) >= 11 is 0. The van der Waals surface area contributed by atoms with Crippen LogP contribution in [-0.4, -0.2) is 47.6 Å². The fraction of sp³-hybridized carbons (Fsp3) is 0.857. The van der Waals surface area contributed by atoms with E-state index in [1.807, 2.05) is 6.92 Å². The van der Waals surface area contributed by atoms with Gasteiger partial charge in [0, 0.05) is 19.0 Å². The number of amides is 1. The van der Waals surface area contributed by atoms with Crippen molar-refractivity contribution in [2.24, 2.45) is 5.41 Å². The zero-order valence-corrected chi connectivity index (χ0v) is 11.7. The Morgan fingerprint density at radius 3 is 2.63 bits per heavy atom. The first-order valence-electron chi connectivity index (χ1n) is 7.31. The van der Waals surface area contributed by atoms with E-state index in [0.717, 1.165) is 51.7 Å². The van der Waals surface area contributed by atoms with Crippen molar-refractivity contribution in [1.82, 2.24) is 10.2 Å². The number of nitrogens with zero attached hydrogens (tertiary/aromatic N) is 1. The third-order valence-corrected chi connectivity index (χ3v) is 4.56. The summed E-state index contributed by atoms with van der Waals surface area (Å²) in [5, 5.41) is 12.4. The predicted molar refractivity (Wildman–Crippen MR) is 71.8 cm³/mol. The van der Waals surface area contributed by atoms with Gasteiger partial charge in [-0.25, -0.2) is 0 Å². The highest BCUT2D eigenvalue weighted by molar-refractivity contribution is 5.78. The molecule has 0 aromatic rings. The molecule has 2 aliphatic rings. The summed E-state index contributed by atoms with van der Waals surface area (Å²) in [7, 11) is 0. The molecule has 108 valence electrons. The summed E-state index contributed by atoms with van der Waals surface area (Å²) in [6.45, 7) is 4.58. The van der Waals surface area contributed by atoms with Crippen molar-refractivity contribution in [2.75, 3.05) is 19.6 Å². The summed E-state index contributed by atoms with van der Waals surface area (Å²) in [6.07, 6.45) is 4.71. The van der Waals surface area contributed by atoms with Gasteiger partial charge in [-0.3, -0.25) is 9.59 Å². The number of piperidine rings is 1. The van der Waals surface area contributed by atoms with Gasteiger partial charge in [-0.1, -0.05) is 13.3 Å². The number of rotatable bonds is 5. The second-order valence-corrected chi connectivity index (χ2v) is 5.94. The summed E-state index contributed by atoms with van der Waals surface area (Å²) in [4.78, 5) is 24.9. The van der Waals surface area contributed by atoms with E-state index in [1.165, 1.54) is 0 Å². The molecule has 0 aromatic heterocycles. The standard InChI is InChI=1S/C14H24N2O3/c1-2-5-14(13(18)19)6-8-16(9-7-14)10-11-3-4-12(17)15-11/h11H,2-10H2,1H3,(H,15,17)(H,18,19). The van der Waals surface area contributed by atoms with Crippen LogP contribution in [0, 0.1) is 5.41 Å². The first-order valence-corrected chi connectivity index (χ1v) is 7.31. The minimum Gasteiger partial charge on any atom is -0.481 e. The van der Waals surface area contributed by atoms with E-state index >= 15 is 0 Å². The Balaban J connectivity index is 1.84. The Kier molecular flexibility index (Phi) is 4.45. The molecule has 2 aliphatic heterocycles. The lowest BCUT2D eigenvalue weighted by Gasteiger charge is -2.39. The van der Waals surface area contributed by atoms with Gasteiger partial charge in [0.15, 0.2) is 0 Å². The first-order chi connectivity index (χ1) is 9.05. The third kappa shape index (κ3) is 3.26. The lowest BCUT2D eigenvalue weighted by atomic mass is 9.75. The molecule has 0 aromatic carbocycles. The van der Waals surface area contributed by atoms with E-state index in [-0.39, 0.29) is 11.9 Å². The van der Waals surface area contributed by atoms with Crippen LogP contribution in [0.2, 0.25) is 0 Å². The summed E-state index contributed by atoms with van der Waals surface area (Å²) in [5.74, 6) is -0.490. The van der Waals surface area contributed by atoms with Crippen LogP contribution in [0.4, 0.5) is 0 Å². The Hall–Kier alpha value is -1.10. The van der Waals surface area contributed by atoms with Gasteiger partial charge in [-0.05, 0) is 38.8 Å². The molecule has 1 atom stereocenters. The molecule has 19 heavy (non-hydrogen) atoms. The number of carbonyl (C=O) groups excluding carboxylic acids is 1. The van der Waals surface area contributed by atoms with Crippen molar-refractivity contribution in [2.45, 2.75) is 51.5 Å².